The average Bonchev–Trinajstić information content (AvgIpc) is 1.79. The number of aromatic hydroxyl groups is 1. The fourth-order valence-corrected chi connectivity index (χ4v) is 11.6. The van der Waals surface area contributed by atoms with Gasteiger partial charge in [0.05, 0.1) is 56.3 Å². The summed E-state index contributed by atoms with van der Waals surface area (Å²) in [6, 6.07) is 22.0. The van der Waals surface area contributed by atoms with Crippen LogP contribution < -0.4 is 46.0 Å². The largest absolute Gasteiger partial charge is 0.504 e. The number of primary amides is 1. The first-order valence-electron chi connectivity index (χ1n) is 31.0. The van der Waals surface area contributed by atoms with E-state index in [-0.39, 0.29) is 41.0 Å². The number of nitrogens with one attached hydrogen (secondary N) is 5. The first kappa shape index (κ1) is 72.5. The highest BCUT2D eigenvalue weighted by molar-refractivity contribution is 7.90. The van der Waals surface area contributed by atoms with Gasteiger partial charge in [0.25, 0.3) is 18.2 Å². The number of hydrogen-bond acceptors (Lipinski definition) is 25. The third-order valence-corrected chi connectivity index (χ3v) is 16.9. The van der Waals surface area contributed by atoms with Crippen molar-refractivity contribution in [2.24, 2.45) is 11.7 Å². The highest BCUT2D eigenvalue weighted by Crippen LogP contribution is 2.33. The van der Waals surface area contributed by atoms with Crippen LogP contribution in [0, 0.1) is 5.92 Å². The second kappa shape index (κ2) is 33.4. The molecule has 3 saturated heterocycles. The van der Waals surface area contributed by atoms with Crippen molar-refractivity contribution < 1.29 is 107 Å². The van der Waals surface area contributed by atoms with E-state index < -0.39 is 177 Å². The van der Waals surface area contributed by atoms with Crippen LogP contribution in [0.4, 0.5) is 0 Å². The molecule has 3 aliphatic heterocycles. The number of amides is 8. The molecule has 0 saturated carbocycles. The van der Waals surface area contributed by atoms with Crippen LogP contribution in [0.15, 0.2) is 126 Å². The van der Waals surface area contributed by atoms with Crippen molar-refractivity contribution in [3.05, 3.63) is 132 Å². The SMILES string of the molecule is CC(O)C1NC(=O)[C@@H](NC(=O)c2ccc(-c3nnc(-c4ccc(-c5ccc(OCCCOc6ccccc6)cc5)cc4)o3)cc2)CC(O)CNC(=O)C2C(O)C(C)CN2C(=O)C(C(O)CC(N)=O)NC(=O)C(C(O)Cc2ccc(O)c(OSOOO)c2)NC(=O)C2CC(O)CN2C1=O. The van der Waals surface area contributed by atoms with Crippen LogP contribution in [-0.4, -0.2) is 214 Å². The number of phenolic OH excluding ortho intramolecular Hbond substituents is 1. The van der Waals surface area contributed by atoms with Gasteiger partial charge in [0, 0.05) is 67.9 Å². The average molecular weight is 1380 g/mol. The van der Waals surface area contributed by atoms with E-state index in [1.165, 1.54) is 37.3 Å². The topological polar surface area (TPSA) is 476 Å². The lowest BCUT2D eigenvalue weighted by Gasteiger charge is -2.33. The number of aliphatic hydroxyl groups excluding tert-OH is 6. The molecule has 32 nitrogen and oxygen atoms in total. The van der Waals surface area contributed by atoms with Crippen molar-refractivity contribution in [1.29, 1.82) is 0 Å². The number of nitrogens with two attached hydrogens (primary N) is 1. The molecule has 522 valence electrons. The first-order chi connectivity index (χ1) is 47.0. The fourth-order valence-electron chi connectivity index (χ4n) is 11.4. The summed E-state index contributed by atoms with van der Waals surface area (Å²) in [6.45, 7) is 1.79. The molecule has 13 atom stereocenters. The number of benzene rings is 5. The number of carbonyl (C=O) groups excluding carboxylic acids is 8. The molecule has 9 rings (SSSR count). The second-order valence-electron chi connectivity index (χ2n) is 23.7. The monoisotopic (exact) mass is 1380 g/mol. The predicted octanol–water partition coefficient (Wildman–Crippen LogP) is -0.189. The molecule has 0 bridgehead atoms. The highest BCUT2D eigenvalue weighted by atomic mass is 32.2. The van der Waals surface area contributed by atoms with Gasteiger partial charge in [-0.05, 0) is 96.4 Å². The summed E-state index contributed by atoms with van der Waals surface area (Å²) < 4.78 is 27.0. The Hall–Kier alpha value is -9.81. The van der Waals surface area contributed by atoms with Gasteiger partial charge in [-0.25, -0.2) is 5.26 Å². The van der Waals surface area contributed by atoms with Crippen LogP contribution in [0.5, 0.6) is 23.0 Å². The van der Waals surface area contributed by atoms with Gasteiger partial charge in [0.1, 0.15) is 47.8 Å². The number of aliphatic hydroxyl groups is 6. The smallest absolute Gasteiger partial charge is 0.261 e. The minimum atomic E-state index is -2.23. The molecule has 0 spiro atoms. The molecule has 8 amide bonds. The molecule has 6 aromatic rings. The quantitative estimate of drug-likeness (QED) is 0.0181. The number of rotatable bonds is 22. The van der Waals surface area contributed by atoms with E-state index in [1.807, 2.05) is 78.9 Å². The molecule has 33 heteroatoms. The molecule has 12 unspecified atom stereocenters. The summed E-state index contributed by atoms with van der Waals surface area (Å²) in [4.78, 5) is 115. The predicted molar refractivity (Wildman–Crippen MR) is 342 cm³/mol. The Morgan fingerprint density at radius 3 is 1.92 bits per heavy atom. The normalized spacial score (nSPS) is 23.7. The van der Waals surface area contributed by atoms with Crippen molar-refractivity contribution >= 4 is 59.6 Å². The second-order valence-corrected chi connectivity index (χ2v) is 24.2. The lowest BCUT2D eigenvalue weighted by Crippen LogP contribution is -2.64. The van der Waals surface area contributed by atoms with E-state index in [2.05, 4.69) is 46.2 Å². The zero-order chi connectivity index (χ0) is 70.3. The van der Waals surface area contributed by atoms with Gasteiger partial charge in [0.2, 0.25) is 53.1 Å². The number of phenols is 1. The summed E-state index contributed by atoms with van der Waals surface area (Å²) in [6.07, 6.45) is -13.1. The summed E-state index contributed by atoms with van der Waals surface area (Å²) in [7, 11) is 0. The summed E-state index contributed by atoms with van der Waals surface area (Å²) in [5.41, 5.74) is 8.28. The van der Waals surface area contributed by atoms with Crippen molar-refractivity contribution in [3.8, 4) is 57.0 Å². The molecule has 5 aromatic carbocycles. The van der Waals surface area contributed by atoms with Crippen molar-refractivity contribution in [2.75, 3.05) is 32.8 Å². The van der Waals surface area contributed by atoms with Crippen LogP contribution in [0.1, 0.15) is 55.5 Å². The van der Waals surface area contributed by atoms with Crippen LogP contribution in [0.3, 0.4) is 0 Å². The van der Waals surface area contributed by atoms with E-state index in [1.54, 1.807) is 0 Å². The lowest BCUT2D eigenvalue weighted by atomic mass is 9.98. The number of nitrogens with zero attached hydrogens (tertiary/aromatic N) is 4. The molecule has 3 fully saturated rings. The molecule has 1 aromatic heterocycles. The third kappa shape index (κ3) is 18.4. The van der Waals surface area contributed by atoms with Gasteiger partial charge in [-0.2, -0.15) is 0 Å². The highest BCUT2D eigenvalue weighted by Gasteiger charge is 2.50. The maximum absolute atomic E-state index is 14.7. The standard InChI is InChI=1S/C65H74N10O22S/c1-33-31-75-55(56(33)83)61(88)67-30-41(77)27-45(68-57(84)38-12-16-40(17-13-38)63-73-72-62(94-63)39-14-10-36(11-15-39)37-18-20-44(21-19-37)93-24-6-23-92-43-7-4-3-5-8-43)58(85)69-52(34(2)76)64(89)74-32-42(78)28-46(74)59(86)70-53(60(87)71-54(65(75)90)49(81)29-51(66)82)48(80)25-35-9-22-47(79)50(26-35)95-98-97-96-91/h3-5,7-22,26,33-34,41-42,45-46,48-49,52-56,76-81,83,91H,6,23-25,27-32H2,1-2H3,(H2,66,82)(H,67,88)(H,68,84)(H,69,85)(H,70,86)(H,71,87)/t33?,34?,41?,42?,45-,46?,48?,49?,52?,53?,54?,55?,56?/m0/s1. The number of para-hydroxylation sites is 1. The van der Waals surface area contributed by atoms with Crippen LogP contribution >= 0.6 is 12.3 Å². The van der Waals surface area contributed by atoms with E-state index in [4.69, 9.17) is 29.1 Å². The van der Waals surface area contributed by atoms with Gasteiger partial charge in [0.15, 0.2) is 11.5 Å². The minimum Gasteiger partial charge on any atom is -0.504 e. The number of carbonyl (C=O) groups is 8. The molecule has 4 heterocycles. The van der Waals surface area contributed by atoms with Gasteiger partial charge in [-0.1, -0.05) is 64.8 Å². The van der Waals surface area contributed by atoms with E-state index >= 15 is 0 Å². The Kier molecular flexibility index (Phi) is 24.7. The summed E-state index contributed by atoms with van der Waals surface area (Å²) in [5, 5.41) is 111. The Morgan fingerprint density at radius 1 is 0.694 bits per heavy atom. The molecule has 0 aliphatic carbocycles. The number of ether oxygens (including phenoxy) is 2. The number of β-amino-alcohol motifs (C(OH)–C–C–N with tert-alkyl or cyclic N) is 1. The zero-order valence-corrected chi connectivity index (χ0v) is 53.5. The third-order valence-electron chi connectivity index (χ3n) is 16.5. The van der Waals surface area contributed by atoms with E-state index in [9.17, 15) is 74.1 Å². The number of hydrogen-bond donors (Lipinski definition) is 14. The fraction of sp³-hybridized carbons (Fsp3) is 0.385. The molecular formula is C65H74N10O22S. The Bertz CT molecular complexity index is 3760. The zero-order valence-electron chi connectivity index (χ0n) is 52.7. The van der Waals surface area contributed by atoms with Crippen LogP contribution in [-0.2, 0) is 49.4 Å². The first-order valence-corrected chi connectivity index (χ1v) is 31.7. The summed E-state index contributed by atoms with van der Waals surface area (Å²) in [5.74, 6) is -9.48. The van der Waals surface area contributed by atoms with E-state index in [0.29, 0.717) is 36.5 Å². The van der Waals surface area contributed by atoms with Crippen molar-refractivity contribution in [2.45, 2.75) is 119 Å². The van der Waals surface area contributed by atoms with Crippen molar-refractivity contribution in [3.63, 3.8) is 0 Å². The Morgan fingerprint density at radius 2 is 1.29 bits per heavy atom. The van der Waals surface area contributed by atoms with E-state index in [0.717, 1.165) is 45.7 Å². The van der Waals surface area contributed by atoms with Gasteiger partial charge < -0.3 is 95.9 Å². The Balaban J connectivity index is 0.934. The van der Waals surface area contributed by atoms with Crippen LogP contribution in [0.2, 0.25) is 0 Å². The Labute approximate surface area is 563 Å². The molecule has 15 N–H and O–H groups in total. The molecular weight excluding hydrogens is 1300 g/mol. The minimum absolute atomic E-state index is 0.0521. The maximum Gasteiger partial charge on any atom is 0.261 e. The van der Waals surface area contributed by atoms with Crippen LogP contribution in [0.25, 0.3) is 34.0 Å². The number of fused-ring (bicyclic) bond motifs is 2. The maximum atomic E-state index is 14.7. The number of aromatic nitrogens is 2. The molecule has 98 heavy (non-hydrogen) atoms. The molecule has 0 radical (unpaired) electrons. The van der Waals surface area contributed by atoms with Crippen molar-refractivity contribution in [1.82, 2.24) is 46.6 Å². The van der Waals surface area contributed by atoms with Gasteiger partial charge in [-0.15, -0.1) is 10.2 Å². The molecule has 3 aliphatic rings. The summed E-state index contributed by atoms with van der Waals surface area (Å²) >= 11 is 0.0521. The van der Waals surface area contributed by atoms with Gasteiger partial charge in [-0.3, -0.25) is 38.4 Å². The van der Waals surface area contributed by atoms with Gasteiger partial charge >= 0.3 is 0 Å². The lowest BCUT2D eigenvalue weighted by molar-refractivity contribution is -0.433.